The molecule has 3 rings (SSSR count). The van der Waals surface area contributed by atoms with E-state index in [-0.39, 0.29) is 18.5 Å². The van der Waals surface area contributed by atoms with E-state index in [4.69, 9.17) is 26.0 Å². The quantitative estimate of drug-likeness (QED) is 0.661. The largest absolute Gasteiger partial charge is 0.484 e. The summed E-state index contributed by atoms with van der Waals surface area (Å²) in [6, 6.07) is 9.73. The van der Waals surface area contributed by atoms with E-state index in [1.807, 2.05) is 29.2 Å². The number of benzene rings is 1. The molecule has 0 fully saturated rings. The van der Waals surface area contributed by atoms with E-state index in [2.05, 4.69) is 22.0 Å². The lowest BCUT2D eigenvalue weighted by Crippen LogP contribution is -2.23. The maximum absolute atomic E-state index is 8.90. The van der Waals surface area contributed by atoms with Crippen LogP contribution in [0.4, 0.5) is 0 Å². The summed E-state index contributed by atoms with van der Waals surface area (Å²) in [6.07, 6.45) is 2.31. The van der Waals surface area contributed by atoms with E-state index in [0.29, 0.717) is 23.9 Å². The van der Waals surface area contributed by atoms with Crippen LogP contribution >= 0.6 is 39.9 Å². The normalized spacial score (nSPS) is 17.5. The maximum Gasteiger partial charge on any atom is 0.139 e. The van der Waals surface area contributed by atoms with Crippen LogP contribution in [-0.2, 0) is 6.54 Å². The Morgan fingerprint density at radius 1 is 1.43 bits per heavy atom. The zero-order valence-corrected chi connectivity index (χ0v) is 15.3. The number of fused-ring (bicyclic) bond motifs is 1. The third-order valence-electron chi connectivity index (χ3n) is 3.68. The lowest BCUT2D eigenvalue weighted by molar-refractivity contribution is 0.179. The van der Waals surface area contributed by atoms with Crippen molar-refractivity contribution in [3.8, 4) is 11.8 Å². The summed E-state index contributed by atoms with van der Waals surface area (Å²) >= 11 is 9.69. The molecule has 0 saturated carbocycles. The van der Waals surface area contributed by atoms with Gasteiger partial charge in [0.2, 0.25) is 0 Å². The Kier molecular flexibility index (Phi) is 6.37. The molecule has 1 aromatic heterocycles. The average Bonchev–Trinajstić information content (AvgIpc) is 2.89. The van der Waals surface area contributed by atoms with E-state index in [9.17, 15) is 0 Å². The highest BCUT2D eigenvalue weighted by Gasteiger charge is 2.26. The Morgan fingerprint density at radius 3 is 3.04 bits per heavy atom. The third-order valence-corrected chi connectivity index (χ3v) is 4.96. The third kappa shape index (κ3) is 4.02. The number of nitrogens with zero attached hydrogens (tertiary/aromatic N) is 2. The SMILES string of the molecule is Cl.N#CCN1CCC(Oc2cccc(Br)c2Cl)c2ccoc2C1. The zero-order chi connectivity index (χ0) is 15.5. The Morgan fingerprint density at radius 2 is 2.26 bits per heavy atom. The molecule has 0 spiro atoms. The fourth-order valence-corrected chi connectivity index (χ4v) is 3.11. The Hall–Kier alpha value is -1.19. The first-order valence-corrected chi connectivity index (χ1v) is 8.12. The van der Waals surface area contributed by atoms with Gasteiger partial charge in [-0.1, -0.05) is 17.7 Å². The molecular weight excluding hydrogens is 403 g/mol. The number of ether oxygens (including phenoxy) is 1. The summed E-state index contributed by atoms with van der Waals surface area (Å²) in [5.74, 6) is 1.49. The predicted octanol–water partition coefficient (Wildman–Crippen LogP) is 4.97. The van der Waals surface area contributed by atoms with Gasteiger partial charge in [-0.05, 0) is 34.1 Å². The Labute approximate surface area is 154 Å². The molecule has 1 atom stereocenters. The smallest absolute Gasteiger partial charge is 0.139 e. The number of rotatable bonds is 3. The van der Waals surface area contributed by atoms with Crippen molar-refractivity contribution >= 4 is 39.9 Å². The highest BCUT2D eigenvalue weighted by Crippen LogP contribution is 2.37. The average molecular weight is 418 g/mol. The molecular formula is C16H15BrCl2N2O2. The van der Waals surface area contributed by atoms with Crippen molar-refractivity contribution in [1.82, 2.24) is 4.90 Å². The van der Waals surface area contributed by atoms with Crippen LogP contribution in [0, 0.1) is 11.3 Å². The minimum Gasteiger partial charge on any atom is -0.484 e. The van der Waals surface area contributed by atoms with Crippen molar-refractivity contribution in [3.63, 3.8) is 0 Å². The fraction of sp³-hybridized carbons (Fsp3) is 0.312. The number of hydrogen-bond acceptors (Lipinski definition) is 4. The first-order chi connectivity index (χ1) is 10.7. The second-order valence-corrected chi connectivity index (χ2v) is 6.35. The highest BCUT2D eigenvalue weighted by atomic mass is 79.9. The number of halogens is 3. The van der Waals surface area contributed by atoms with Crippen LogP contribution in [0.3, 0.4) is 0 Å². The van der Waals surface area contributed by atoms with Crippen LogP contribution in [0.15, 0.2) is 39.4 Å². The van der Waals surface area contributed by atoms with Gasteiger partial charge < -0.3 is 9.15 Å². The molecule has 2 aromatic rings. The van der Waals surface area contributed by atoms with Crippen molar-refractivity contribution in [3.05, 3.63) is 51.3 Å². The summed E-state index contributed by atoms with van der Waals surface area (Å²) in [5.41, 5.74) is 1.02. The van der Waals surface area contributed by atoms with Gasteiger partial charge in [0.1, 0.15) is 17.6 Å². The first-order valence-electron chi connectivity index (χ1n) is 6.95. The molecule has 2 heterocycles. The lowest BCUT2D eigenvalue weighted by Gasteiger charge is -2.19. The van der Waals surface area contributed by atoms with Crippen LogP contribution in [0.1, 0.15) is 23.8 Å². The summed E-state index contributed by atoms with van der Waals surface area (Å²) in [7, 11) is 0. The van der Waals surface area contributed by atoms with Gasteiger partial charge in [-0.3, -0.25) is 4.90 Å². The van der Waals surface area contributed by atoms with E-state index in [0.717, 1.165) is 28.8 Å². The van der Waals surface area contributed by atoms with Gasteiger partial charge in [0.25, 0.3) is 0 Å². The van der Waals surface area contributed by atoms with Gasteiger partial charge in [0.05, 0.1) is 30.4 Å². The minimum atomic E-state index is -0.135. The molecule has 0 aliphatic carbocycles. The van der Waals surface area contributed by atoms with Crippen LogP contribution in [0.5, 0.6) is 5.75 Å². The number of hydrogen-bond donors (Lipinski definition) is 0. The Balaban J connectivity index is 0.00000192. The van der Waals surface area contributed by atoms with Crippen LogP contribution in [-0.4, -0.2) is 18.0 Å². The van der Waals surface area contributed by atoms with Gasteiger partial charge in [0, 0.05) is 23.0 Å². The van der Waals surface area contributed by atoms with Crippen molar-refractivity contribution in [2.75, 3.05) is 13.1 Å². The van der Waals surface area contributed by atoms with E-state index >= 15 is 0 Å². The number of furan rings is 1. The van der Waals surface area contributed by atoms with Crippen LogP contribution < -0.4 is 4.74 Å². The molecule has 1 unspecified atom stereocenters. The summed E-state index contributed by atoms with van der Waals surface area (Å²) in [5, 5.41) is 9.46. The zero-order valence-electron chi connectivity index (χ0n) is 12.2. The van der Waals surface area contributed by atoms with Gasteiger partial charge in [-0.2, -0.15) is 5.26 Å². The van der Waals surface area contributed by atoms with E-state index < -0.39 is 0 Å². The van der Waals surface area contributed by atoms with E-state index in [1.54, 1.807) is 6.26 Å². The summed E-state index contributed by atoms with van der Waals surface area (Å²) in [4.78, 5) is 2.05. The van der Waals surface area contributed by atoms with Gasteiger partial charge in [-0.15, -0.1) is 12.4 Å². The maximum atomic E-state index is 8.90. The predicted molar refractivity (Wildman–Crippen MR) is 94.0 cm³/mol. The van der Waals surface area contributed by atoms with Gasteiger partial charge in [0.15, 0.2) is 0 Å². The molecule has 1 aromatic carbocycles. The molecule has 4 nitrogen and oxygen atoms in total. The second kappa shape index (κ2) is 8.07. The molecule has 23 heavy (non-hydrogen) atoms. The first kappa shape index (κ1) is 18.2. The van der Waals surface area contributed by atoms with Crippen molar-refractivity contribution < 1.29 is 9.15 Å². The Bertz CT molecular complexity index is 714. The minimum absolute atomic E-state index is 0. The standard InChI is InChI=1S/C16H14BrClN2O2.ClH/c17-12-2-1-3-14(16(12)18)22-13-4-7-20(8-6-19)10-15-11(13)5-9-21-15;/h1-3,5,9,13H,4,7-8,10H2;1H. The molecule has 0 N–H and O–H groups in total. The van der Waals surface area contributed by atoms with Crippen LogP contribution in [0.2, 0.25) is 5.02 Å². The van der Waals surface area contributed by atoms with Crippen LogP contribution in [0.25, 0.3) is 0 Å². The van der Waals surface area contributed by atoms with E-state index in [1.165, 1.54) is 0 Å². The second-order valence-electron chi connectivity index (χ2n) is 5.12. The van der Waals surface area contributed by atoms with Crippen molar-refractivity contribution in [2.45, 2.75) is 19.1 Å². The monoisotopic (exact) mass is 416 g/mol. The molecule has 0 amide bonds. The molecule has 122 valence electrons. The number of nitriles is 1. The van der Waals surface area contributed by atoms with Crippen molar-refractivity contribution in [1.29, 1.82) is 5.26 Å². The summed E-state index contributed by atoms with van der Waals surface area (Å²) < 4.78 is 12.5. The molecule has 0 saturated heterocycles. The molecule has 7 heteroatoms. The highest BCUT2D eigenvalue weighted by molar-refractivity contribution is 9.10. The lowest BCUT2D eigenvalue weighted by atomic mass is 10.1. The molecule has 1 aliphatic heterocycles. The van der Waals surface area contributed by atoms with Gasteiger partial charge in [-0.25, -0.2) is 0 Å². The topological polar surface area (TPSA) is 49.4 Å². The van der Waals surface area contributed by atoms with Crippen molar-refractivity contribution in [2.24, 2.45) is 0 Å². The molecule has 1 aliphatic rings. The molecule has 0 radical (unpaired) electrons. The fourth-order valence-electron chi connectivity index (χ4n) is 2.59. The van der Waals surface area contributed by atoms with Gasteiger partial charge >= 0.3 is 0 Å². The molecule has 0 bridgehead atoms. The summed E-state index contributed by atoms with van der Waals surface area (Å²) in [6.45, 7) is 1.78.